The predicted molar refractivity (Wildman–Crippen MR) is 93.3 cm³/mol. The van der Waals surface area contributed by atoms with Crippen LogP contribution in [0.2, 0.25) is 0 Å². The first kappa shape index (κ1) is 22.8. The first-order valence-corrected chi connectivity index (χ1v) is 8.47. The largest absolute Gasteiger partial charge is 0.455 e. The van der Waals surface area contributed by atoms with Crippen molar-refractivity contribution >= 4 is 5.97 Å². The van der Waals surface area contributed by atoms with Crippen LogP contribution in [-0.2, 0) is 38.0 Å². The Morgan fingerprint density at radius 2 is 1.77 bits per heavy atom. The Morgan fingerprint density at radius 1 is 1.12 bits per heavy atom. The van der Waals surface area contributed by atoms with E-state index in [4.69, 9.17) is 33.2 Å². The zero-order valence-electron chi connectivity index (χ0n) is 15.9. The van der Waals surface area contributed by atoms with E-state index in [9.17, 15) is 4.79 Å². The number of carbonyl (C=O) groups is 1. The third-order valence-corrected chi connectivity index (χ3v) is 3.67. The van der Waals surface area contributed by atoms with Crippen molar-refractivity contribution in [3.63, 3.8) is 0 Å². The van der Waals surface area contributed by atoms with Crippen molar-refractivity contribution in [2.24, 2.45) is 0 Å². The van der Waals surface area contributed by atoms with E-state index in [1.54, 1.807) is 27.4 Å². The summed E-state index contributed by atoms with van der Waals surface area (Å²) in [4.78, 5) is 11.3. The second-order valence-electron chi connectivity index (χ2n) is 5.71. The van der Waals surface area contributed by atoms with Crippen LogP contribution in [0.1, 0.15) is 19.8 Å². The lowest BCUT2D eigenvalue weighted by molar-refractivity contribution is -0.202. The second-order valence-corrected chi connectivity index (χ2v) is 5.71. The molecule has 1 heterocycles. The molecule has 0 aliphatic carbocycles. The molecule has 8 nitrogen and oxygen atoms in total. The monoisotopic (exact) mass is 374 g/mol. The summed E-state index contributed by atoms with van der Waals surface area (Å²) in [6.07, 6.45) is 6.85. The smallest absolute Gasteiger partial charge is 0.331 e. The van der Waals surface area contributed by atoms with Crippen molar-refractivity contribution in [1.29, 1.82) is 0 Å². The minimum atomic E-state index is -0.404. The molecule has 0 spiro atoms. The number of rotatable bonds is 14. The van der Waals surface area contributed by atoms with Crippen LogP contribution in [0.3, 0.4) is 0 Å². The van der Waals surface area contributed by atoms with Crippen molar-refractivity contribution in [2.75, 3.05) is 41.7 Å². The Balaban J connectivity index is 2.71. The average molecular weight is 374 g/mol. The summed E-state index contributed by atoms with van der Waals surface area (Å²) in [7, 11) is 4.66. The van der Waals surface area contributed by atoms with Gasteiger partial charge in [0.05, 0.1) is 12.2 Å². The molecule has 0 radical (unpaired) electrons. The minimum absolute atomic E-state index is 0.104. The fourth-order valence-corrected chi connectivity index (χ4v) is 2.43. The number of ether oxygens (including phenoxy) is 7. The molecule has 1 aliphatic rings. The van der Waals surface area contributed by atoms with Gasteiger partial charge >= 0.3 is 5.97 Å². The normalized spacial score (nSPS) is 20.9. The molecule has 0 N–H and O–H groups in total. The Kier molecular flexibility index (Phi) is 12.1. The summed E-state index contributed by atoms with van der Waals surface area (Å²) in [5, 5.41) is 0. The van der Waals surface area contributed by atoms with Gasteiger partial charge in [0.25, 0.3) is 0 Å². The molecule has 0 saturated carbocycles. The Morgan fingerprint density at radius 3 is 2.42 bits per heavy atom. The summed E-state index contributed by atoms with van der Waals surface area (Å²) in [6, 6.07) is 0. The highest BCUT2D eigenvalue weighted by Gasteiger charge is 2.29. The third-order valence-electron chi connectivity index (χ3n) is 3.67. The van der Waals surface area contributed by atoms with Crippen molar-refractivity contribution in [3.8, 4) is 0 Å². The molecule has 8 heteroatoms. The number of methoxy groups -OCH3 is 3. The molecule has 26 heavy (non-hydrogen) atoms. The van der Waals surface area contributed by atoms with E-state index in [-0.39, 0.29) is 44.7 Å². The highest BCUT2D eigenvalue weighted by molar-refractivity contribution is 5.82. The zero-order chi connectivity index (χ0) is 19.2. The Hall–Kier alpha value is -1.29. The Labute approximate surface area is 155 Å². The van der Waals surface area contributed by atoms with Gasteiger partial charge in [-0.25, -0.2) is 4.79 Å². The molecule has 0 aromatic rings. The number of cyclic esters (lactones) is 1. The maximum absolute atomic E-state index is 11.3. The van der Waals surface area contributed by atoms with Crippen molar-refractivity contribution in [3.05, 3.63) is 24.3 Å². The molecule has 4 atom stereocenters. The average Bonchev–Trinajstić information content (AvgIpc) is 2.64. The summed E-state index contributed by atoms with van der Waals surface area (Å²) in [5.41, 5.74) is 0. The van der Waals surface area contributed by atoms with Crippen molar-refractivity contribution in [2.45, 2.75) is 44.2 Å². The van der Waals surface area contributed by atoms with E-state index < -0.39 is 6.10 Å². The van der Waals surface area contributed by atoms with Gasteiger partial charge in [0.15, 0.2) is 0 Å². The fourth-order valence-electron chi connectivity index (χ4n) is 2.43. The van der Waals surface area contributed by atoms with Gasteiger partial charge in [0, 0.05) is 33.8 Å². The minimum Gasteiger partial charge on any atom is -0.455 e. The SMILES string of the molecule is COCO[C@H]([C@@H](C)OCOC)[C@@H](C/C=C/[C@H]1CC=CC(=O)O1)OCOC. The molecule has 0 aromatic carbocycles. The molecule has 0 bridgehead atoms. The molecule has 0 fully saturated rings. The van der Waals surface area contributed by atoms with E-state index in [1.165, 1.54) is 6.08 Å². The van der Waals surface area contributed by atoms with Gasteiger partial charge in [-0.15, -0.1) is 0 Å². The number of hydrogen-bond donors (Lipinski definition) is 0. The van der Waals surface area contributed by atoms with Gasteiger partial charge in [-0.05, 0) is 19.4 Å². The van der Waals surface area contributed by atoms with Crippen LogP contribution >= 0.6 is 0 Å². The summed E-state index contributed by atoms with van der Waals surface area (Å²) in [5.74, 6) is -0.332. The van der Waals surface area contributed by atoms with E-state index in [0.717, 1.165) is 0 Å². The maximum Gasteiger partial charge on any atom is 0.331 e. The highest BCUT2D eigenvalue weighted by atomic mass is 16.7. The molecule has 150 valence electrons. The van der Waals surface area contributed by atoms with Gasteiger partial charge in [-0.2, -0.15) is 0 Å². The van der Waals surface area contributed by atoms with E-state index in [0.29, 0.717) is 12.8 Å². The van der Waals surface area contributed by atoms with Crippen LogP contribution in [0.4, 0.5) is 0 Å². The molecule has 1 rings (SSSR count). The lowest BCUT2D eigenvalue weighted by atomic mass is 10.0. The number of esters is 1. The summed E-state index contributed by atoms with van der Waals surface area (Å²) >= 11 is 0. The molecule has 1 aliphatic heterocycles. The Bertz CT molecular complexity index is 437. The summed E-state index contributed by atoms with van der Waals surface area (Å²) in [6.45, 7) is 2.24. The first-order chi connectivity index (χ1) is 12.6. The second kappa shape index (κ2) is 13.9. The quantitative estimate of drug-likeness (QED) is 0.259. The van der Waals surface area contributed by atoms with E-state index in [2.05, 4.69) is 0 Å². The molecular weight excluding hydrogens is 344 g/mol. The lowest BCUT2D eigenvalue weighted by Crippen LogP contribution is -2.42. The van der Waals surface area contributed by atoms with Crippen LogP contribution in [0.5, 0.6) is 0 Å². The molecule has 0 aromatic heterocycles. The zero-order valence-corrected chi connectivity index (χ0v) is 15.9. The van der Waals surface area contributed by atoms with Crippen LogP contribution in [0.15, 0.2) is 24.3 Å². The van der Waals surface area contributed by atoms with Gasteiger partial charge < -0.3 is 33.2 Å². The molecule has 0 unspecified atom stereocenters. The lowest BCUT2D eigenvalue weighted by Gasteiger charge is -2.30. The predicted octanol–water partition coefficient (Wildman–Crippen LogP) is 1.79. The van der Waals surface area contributed by atoms with E-state index >= 15 is 0 Å². The third kappa shape index (κ3) is 8.88. The standard InChI is InChI=1S/C18H30O8/c1-14(23-11-20-2)18(25-13-22-4)16(24-12-21-3)9-5-7-15-8-6-10-17(19)26-15/h5-7,10,14-16,18H,8-9,11-13H2,1-4H3/b7-5+/t14-,15+,16-,18-/m1/s1. The van der Waals surface area contributed by atoms with Crippen LogP contribution in [0, 0.1) is 0 Å². The van der Waals surface area contributed by atoms with Crippen molar-refractivity contribution in [1.82, 2.24) is 0 Å². The van der Waals surface area contributed by atoms with Gasteiger partial charge in [-0.3, -0.25) is 0 Å². The number of carbonyl (C=O) groups excluding carboxylic acids is 1. The first-order valence-electron chi connectivity index (χ1n) is 8.47. The molecule has 0 saturated heterocycles. The molecule has 0 amide bonds. The topological polar surface area (TPSA) is 81.7 Å². The van der Waals surface area contributed by atoms with Crippen molar-refractivity contribution < 1.29 is 38.0 Å². The van der Waals surface area contributed by atoms with Gasteiger partial charge in [0.1, 0.15) is 32.6 Å². The maximum atomic E-state index is 11.3. The fraction of sp³-hybridized carbons (Fsp3) is 0.722. The van der Waals surface area contributed by atoms with Crippen LogP contribution in [0.25, 0.3) is 0 Å². The number of hydrogen-bond acceptors (Lipinski definition) is 8. The van der Waals surface area contributed by atoms with Gasteiger partial charge in [0.2, 0.25) is 0 Å². The van der Waals surface area contributed by atoms with Crippen LogP contribution < -0.4 is 0 Å². The summed E-state index contributed by atoms with van der Waals surface area (Å²) < 4.78 is 37.3. The van der Waals surface area contributed by atoms with E-state index in [1.807, 2.05) is 19.1 Å². The highest BCUT2D eigenvalue weighted by Crippen LogP contribution is 2.17. The molecular formula is C18H30O8. The van der Waals surface area contributed by atoms with Crippen LogP contribution in [-0.4, -0.2) is 72.1 Å². The van der Waals surface area contributed by atoms with Gasteiger partial charge in [-0.1, -0.05) is 12.2 Å².